The summed E-state index contributed by atoms with van der Waals surface area (Å²) in [5.41, 5.74) is 9.28. The van der Waals surface area contributed by atoms with Crippen molar-refractivity contribution in [2.24, 2.45) is 5.73 Å². The number of fused-ring (bicyclic) bond motifs is 1. The molecule has 1 atom stereocenters. The van der Waals surface area contributed by atoms with Crippen LogP contribution in [-0.2, 0) is 0 Å². The van der Waals surface area contributed by atoms with Crippen LogP contribution in [0.2, 0.25) is 0 Å². The Kier molecular flexibility index (Phi) is 5.71. The summed E-state index contributed by atoms with van der Waals surface area (Å²) >= 11 is 0. The standard InChI is InChI=1S/C26H27N5O3/c1-3-13-30-14-12-18(16-30)20-15-28-31-24(25(27)32)23(29-26(20)31)17-8-10-19(11-9-17)34-22-7-5-4-6-21(22)33-2/h3-11,13,15,18,28H,12,14,16H2,1-2H3,(H2,27,32). The molecule has 1 unspecified atom stereocenters. The fourth-order valence-corrected chi connectivity index (χ4v) is 4.57. The lowest BCUT2D eigenvalue weighted by Gasteiger charge is -2.11. The Morgan fingerprint density at radius 1 is 1.18 bits per heavy atom. The molecule has 2 aromatic carbocycles. The number of aromatic amines is 1. The Bertz CT molecular complexity index is 1350. The van der Waals surface area contributed by atoms with E-state index < -0.39 is 5.91 Å². The number of benzene rings is 2. The summed E-state index contributed by atoms with van der Waals surface area (Å²) < 4.78 is 13.0. The fraction of sp³-hybridized carbons (Fsp3) is 0.231. The summed E-state index contributed by atoms with van der Waals surface area (Å²) in [7, 11) is 1.61. The number of ether oxygens (including phenoxy) is 2. The summed E-state index contributed by atoms with van der Waals surface area (Å²) in [4.78, 5) is 19.6. The highest BCUT2D eigenvalue weighted by molar-refractivity contribution is 5.98. The lowest BCUT2D eigenvalue weighted by atomic mass is 10.0. The molecule has 34 heavy (non-hydrogen) atoms. The Labute approximate surface area is 197 Å². The molecular weight excluding hydrogens is 430 g/mol. The van der Waals surface area contributed by atoms with E-state index in [1.54, 1.807) is 11.6 Å². The molecule has 1 fully saturated rings. The maximum atomic E-state index is 12.4. The number of hydrogen-bond acceptors (Lipinski definition) is 5. The first-order chi connectivity index (χ1) is 16.6. The van der Waals surface area contributed by atoms with E-state index in [0.29, 0.717) is 34.6 Å². The van der Waals surface area contributed by atoms with Gasteiger partial charge in [0.2, 0.25) is 0 Å². The summed E-state index contributed by atoms with van der Waals surface area (Å²) in [6.07, 6.45) is 7.13. The van der Waals surface area contributed by atoms with Gasteiger partial charge in [-0.25, -0.2) is 9.50 Å². The minimum absolute atomic E-state index is 0.331. The lowest BCUT2D eigenvalue weighted by molar-refractivity contribution is 0.0994. The molecule has 8 nitrogen and oxygen atoms in total. The first kappa shape index (κ1) is 21.6. The van der Waals surface area contributed by atoms with Crippen molar-refractivity contribution >= 4 is 11.6 Å². The zero-order valence-corrected chi connectivity index (χ0v) is 19.2. The highest BCUT2D eigenvalue weighted by Gasteiger charge is 2.28. The SMILES string of the molecule is CC=CN1CCC(c2c[nH]n3c(C(N)=O)c(-c4ccc(Oc5ccccc5OC)cc4)nc23)C1. The normalized spacial score (nSPS) is 15.9. The molecule has 0 bridgehead atoms. The lowest BCUT2D eigenvalue weighted by Crippen LogP contribution is -2.15. The molecule has 1 aliphatic rings. The van der Waals surface area contributed by atoms with Crippen molar-refractivity contribution in [3.05, 3.63) is 78.3 Å². The van der Waals surface area contributed by atoms with E-state index >= 15 is 0 Å². The van der Waals surface area contributed by atoms with E-state index in [4.69, 9.17) is 20.2 Å². The molecular formula is C26H27N5O3. The number of likely N-dealkylation sites (tertiary alicyclic amines) is 1. The smallest absolute Gasteiger partial charge is 0.269 e. The van der Waals surface area contributed by atoms with Gasteiger partial charge in [-0.2, -0.15) is 0 Å². The zero-order valence-electron chi connectivity index (χ0n) is 19.2. The van der Waals surface area contributed by atoms with E-state index in [1.807, 2.05) is 61.7 Å². The van der Waals surface area contributed by atoms with Gasteiger partial charge in [0, 0.05) is 36.3 Å². The number of primary amides is 1. The predicted octanol–water partition coefficient (Wildman–Crippen LogP) is 4.55. The molecule has 1 saturated heterocycles. The fourth-order valence-electron chi connectivity index (χ4n) is 4.57. The van der Waals surface area contributed by atoms with Crippen LogP contribution < -0.4 is 15.2 Å². The number of imidazole rings is 1. The molecule has 0 saturated carbocycles. The van der Waals surface area contributed by atoms with Gasteiger partial charge < -0.3 is 20.1 Å². The van der Waals surface area contributed by atoms with E-state index in [9.17, 15) is 4.79 Å². The molecule has 3 N–H and O–H groups in total. The van der Waals surface area contributed by atoms with Crippen molar-refractivity contribution in [2.75, 3.05) is 20.2 Å². The van der Waals surface area contributed by atoms with Gasteiger partial charge in [-0.3, -0.25) is 9.89 Å². The summed E-state index contributed by atoms with van der Waals surface area (Å²) in [5.74, 6) is 1.72. The van der Waals surface area contributed by atoms with E-state index in [2.05, 4.69) is 22.3 Å². The Balaban J connectivity index is 1.47. The number of amides is 1. The van der Waals surface area contributed by atoms with Crippen LogP contribution in [0.5, 0.6) is 17.2 Å². The van der Waals surface area contributed by atoms with Crippen LogP contribution in [0.15, 0.2) is 67.0 Å². The third-order valence-electron chi connectivity index (χ3n) is 6.16. The molecule has 8 heteroatoms. The minimum Gasteiger partial charge on any atom is -0.493 e. The van der Waals surface area contributed by atoms with Crippen molar-refractivity contribution in [2.45, 2.75) is 19.3 Å². The molecule has 3 heterocycles. The first-order valence-electron chi connectivity index (χ1n) is 11.3. The molecule has 0 aliphatic carbocycles. The second-order valence-corrected chi connectivity index (χ2v) is 8.30. The number of hydrogen-bond donors (Lipinski definition) is 2. The second-order valence-electron chi connectivity index (χ2n) is 8.30. The molecule has 4 aromatic rings. The van der Waals surface area contributed by atoms with Gasteiger partial charge in [-0.1, -0.05) is 18.2 Å². The second kappa shape index (κ2) is 8.97. The Morgan fingerprint density at radius 3 is 2.65 bits per heavy atom. The first-order valence-corrected chi connectivity index (χ1v) is 11.3. The number of nitrogens with two attached hydrogens (primary N) is 1. The zero-order chi connectivity index (χ0) is 23.7. The third-order valence-corrected chi connectivity index (χ3v) is 6.16. The van der Waals surface area contributed by atoms with Gasteiger partial charge in [0.1, 0.15) is 11.4 Å². The molecule has 174 valence electrons. The summed E-state index contributed by atoms with van der Waals surface area (Å²) in [6.45, 7) is 3.94. The average Bonchev–Trinajstić information content (AvgIpc) is 3.55. The van der Waals surface area contributed by atoms with Crippen molar-refractivity contribution in [3.63, 3.8) is 0 Å². The van der Waals surface area contributed by atoms with Gasteiger partial charge >= 0.3 is 0 Å². The molecule has 0 radical (unpaired) electrons. The largest absolute Gasteiger partial charge is 0.493 e. The van der Waals surface area contributed by atoms with Gasteiger partial charge in [0.15, 0.2) is 22.8 Å². The average molecular weight is 458 g/mol. The molecule has 5 rings (SSSR count). The van der Waals surface area contributed by atoms with Crippen LogP contribution >= 0.6 is 0 Å². The molecule has 0 spiro atoms. The molecule has 1 amide bonds. The van der Waals surface area contributed by atoms with Gasteiger partial charge in [0.05, 0.1) is 7.11 Å². The highest BCUT2D eigenvalue weighted by Crippen LogP contribution is 2.35. The summed E-state index contributed by atoms with van der Waals surface area (Å²) in [5, 5.41) is 3.19. The number of methoxy groups -OCH3 is 1. The van der Waals surface area contributed by atoms with Crippen LogP contribution in [0, 0.1) is 0 Å². The Morgan fingerprint density at radius 2 is 1.94 bits per heavy atom. The number of carbonyl (C=O) groups excluding carboxylic acids is 1. The number of nitrogens with one attached hydrogen (secondary N) is 1. The maximum absolute atomic E-state index is 12.4. The third kappa shape index (κ3) is 3.87. The van der Waals surface area contributed by atoms with Crippen molar-refractivity contribution in [1.29, 1.82) is 0 Å². The van der Waals surface area contributed by atoms with Gasteiger partial charge in [0.25, 0.3) is 5.91 Å². The minimum atomic E-state index is -0.535. The number of para-hydroxylation sites is 2. The van der Waals surface area contributed by atoms with E-state index in [0.717, 1.165) is 36.3 Å². The van der Waals surface area contributed by atoms with Crippen molar-refractivity contribution in [3.8, 4) is 28.5 Å². The predicted molar refractivity (Wildman–Crippen MR) is 130 cm³/mol. The van der Waals surface area contributed by atoms with Crippen LogP contribution in [0.25, 0.3) is 16.9 Å². The van der Waals surface area contributed by atoms with Crippen molar-refractivity contribution < 1.29 is 14.3 Å². The summed E-state index contributed by atoms with van der Waals surface area (Å²) in [6, 6.07) is 14.9. The van der Waals surface area contributed by atoms with E-state index in [-0.39, 0.29) is 0 Å². The molecule has 2 aromatic heterocycles. The van der Waals surface area contributed by atoms with Gasteiger partial charge in [-0.15, -0.1) is 0 Å². The Hall–Kier alpha value is -4.20. The van der Waals surface area contributed by atoms with Crippen LogP contribution in [0.4, 0.5) is 0 Å². The van der Waals surface area contributed by atoms with E-state index in [1.165, 1.54) is 0 Å². The number of carbonyl (C=O) groups is 1. The number of H-pyrrole nitrogens is 1. The van der Waals surface area contributed by atoms with Crippen molar-refractivity contribution in [1.82, 2.24) is 19.5 Å². The van der Waals surface area contributed by atoms with Crippen LogP contribution in [-0.4, -0.2) is 45.6 Å². The quantitative estimate of drug-likeness (QED) is 0.424. The number of allylic oxidation sites excluding steroid dienone is 1. The van der Waals surface area contributed by atoms with Gasteiger partial charge in [-0.05, 0) is 55.9 Å². The number of rotatable bonds is 7. The molecule has 1 aliphatic heterocycles. The topological polar surface area (TPSA) is 97.9 Å². The maximum Gasteiger partial charge on any atom is 0.269 e. The monoisotopic (exact) mass is 457 g/mol. The highest BCUT2D eigenvalue weighted by atomic mass is 16.5. The van der Waals surface area contributed by atoms with Crippen LogP contribution in [0.3, 0.4) is 0 Å². The van der Waals surface area contributed by atoms with Crippen LogP contribution in [0.1, 0.15) is 35.3 Å². The number of aromatic nitrogens is 3. The number of nitrogens with zero attached hydrogens (tertiary/aromatic N) is 3.